The Labute approximate surface area is 121 Å². The minimum Gasteiger partial charge on any atom is -0.445 e. The molecule has 0 saturated carbocycles. The third-order valence-corrected chi connectivity index (χ3v) is 3.23. The molecule has 0 spiro atoms. The lowest BCUT2D eigenvalue weighted by molar-refractivity contribution is 0.0270. The molecule has 20 heavy (non-hydrogen) atoms. The summed E-state index contributed by atoms with van der Waals surface area (Å²) in [7, 11) is 0. The largest absolute Gasteiger partial charge is 0.445 e. The highest BCUT2D eigenvalue weighted by molar-refractivity contribution is 5.73. The number of hydrazine groups is 1. The summed E-state index contributed by atoms with van der Waals surface area (Å²) < 4.78 is 10.3. The Balaban J connectivity index is 4.04. The van der Waals surface area contributed by atoms with E-state index in [2.05, 4.69) is 10.9 Å². The summed E-state index contributed by atoms with van der Waals surface area (Å²) >= 11 is 0. The van der Waals surface area contributed by atoms with Gasteiger partial charge >= 0.3 is 12.2 Å². The number of carbonyl (C=O) groups is 2. The normalized spacial score (nSPS) is 14.1. The summed E-state index contributed by atoms with van der Waals surface area (Å²) in [4.78, 5) is 23.0. The average molecular weight is 288 g/mol. The number of hydrogen-bond donors (Lipinski definition) is 2. The van der Waals surface area contributed by atoms with Crippen molar-refractivity contribution in [2.24, 2.45) is 5.92 Å². The van der Waals surface area contributed by atoms with E-state index in [1.165, 1.54) is 0 Å². The van der Waals surface area contributed by atoms with E-state index in [1.54, 1.807) is 0 Å². The molecule has 6 nitrogen and oxygen atoms in total. The molecule has 2 atom stereocenters. The number of ether oxygens (including phenoxy) is 2. The lowest BCUT2D eigenvalue weighted by atomic mass is 10.0. The maximum Gasteiger partial charge on any atom is 0.426 e. The molecule has 0 aromatic rings. The maximum absolute atomic E-state index is 11.5. The fourth-order valence-electron chi connectivity index (χ4n) is 1.68. The van der Waals surface area contributed by atoms with Crippen molar-refractivity contribution in [2.45, 2.75) is 72.5 Å². The fraction of sp³-hybridized carbons (Fsp3) is 0.857. The number of hydrogen-bond acceptors (Lipinski definition) is 4. The first-order chi connectivity index (χ1) is 9.21. The summed E-state index contributed by atoms with van der Waals surface area (Å²) in [6.45, 7) is 11.5. The smallest absolute Gasteiger partial charge is 0.426 e. The Hall–Kier alpha value is -1.46. The molecule has 0 aromatic carbocycles. The molecule has 6 heteroatoms. The van der Waals surface area contributed by atoms with Gasteiger partial charge in [0.1, 0.15) is 11.7 Å². The predicted octanol–water partition coefficient (Wildman–Crippen LogP) is 3.37. The Bertz CT molecular complexity index is 318. The van der Waals surface area contributed by atoms with Gasteiger partial charge in [-0.3, -0.25) is 0 Å². The summed E-state index contributed by atoms with van der Waals surface area (Å²) in [6, 6.07) is 0. The van der Waals surface area contributed by atoms with Gasteiger partial charge in [-0.15, -0.1) is 0 Å². The van der Waals surface area contributed by atoms with Crippen LogP contribution in [0.5, 0.6) is 0 Å². The van der Waals surface area contributed by atoms with E-state index in [0.717, 1.165) is 19.3 Å². The fourth-order valence-corrected chi connectivity index (χ4v) is 1.68. The first kappa shape index (κ1) is 18.5. The van der Waals surface area contributed by atoms with Crippen molar-refractivity contribution in [2.75, 3.05) is 0 Å². The number of nitrogens with one attached hydrogen (secondary N) is 2. The van der Waals surface area contributed by atoms with Gasteiger partial charge in [-0.2, -0.15) is 0 Å². The monoisotopic (exact) mass is 288 g/mol. The predicted molar refractivity (Wildman–Crippen MR) is 77.1 cm³/mol. The van der Waals surface area contributed by atoms with E-state index in [-0.39, 0.29) is 12.0 Å². The second kappa shape index (κ2) is 8.66. The van der Waals surface area contributed by atoms with Gasteiger partial charge in [-0.25, -0.2) is 20.4 Å². The molecule has 2 N–H and O–H groups in total. The Kier molecular flexibility index (Phi) is 8.03. The van der Waals surface area contributed by atoms with Crippen LogP contribution in [0.1, 0.15) is 60.8 Å². The number of rotatable bonds is 6. The van der Waals surface area contributed by atoms with Crippen LogP contribution in [-0.4, -0.2) is 23.9 Å². The van der Waals surface area contributed by atoms with E-state index in [0.29, 0.717) is 0 Å². The van der Waals surface area contributed by atoms with Gasteiger partial charge in [0.25, 0.3) is 0 Å². The Morgan fingerprint density at radius 1 is 1.10 bits per heavy atom. The highest BCUT2D eigenvalue weighted by atomic mass is 16.6. The van der Waals surface area contributed by atoms with Crippen LogP contribution in [0, 0.1) is 5.92 Å². The lowest BCUT2D eigenvalue weighted by Crippen LogP contribution is -2.46. The first-order valence-electron chi connectivity index (χ1n) is 7.17. The molecule has 0 saturated heterocycles. The van der Waals surface area contributed by atoms with E-state index in [4.69, 9.17) is 9.47 Å². The molecular formula is C14H28N2O4. The Morgan fingerprint density at radius 3 is 2.15 bits per heavy atom. The van der Waals surface area contributed by atoms with Crippen molar-refractivity contribution >= 4 is 12.2 Å². The van der Waals surface area contributed by atoms with Gasteiger partial charge in [0.05, 0.1) is 0 Å². The van der Waals surface area contributed by atoms with Crippen molar-refractivity contribution in [3.05, 3.63) is 0 Å². The molecule has 0 fully saturated rings. The molecule has 0 heterocycles. The molecule has 0 rings (SSSR count). The van der Waals surface area contributed by atoms with Crippen LogP contribution >= 0.6 is 0 Å². The third kappa shape index (κ3) is 7.86. The van der Waals surface area contributed by atoms with Crippen LogP contribution in [0.3, 0.4) is 0 Å². The number of amides is 2. The van der Waals surface area contributed by atoms with Gasteiger partial charge in [0.2, 0.25) is 0 Å². The number of carbonyl (C=O) groups excluding carboxylic acids is 2. The average Bonchev–Trinajstić information content (AvgIpc) is 2.34. The lowest BCUT2D eigenvalue weighted by Gasteiger charge is -2.24. The maximum atomic E-state index is 11.5. The van der Waals surface area contributed by atoms with Gasteiger partial charge in [0.15, 0.2) is 0 Å². The third-order valence-electron chi connectivity index (χ3n) is 3.23. The molecule has 0 aromatic heterocycles. The molecule has 2 amide bonds. The summed E-state index contributed by atoms with van der Waals surface area (Å²) in [5.74, 6) is 0.260. The molecule has 0 aliphatic rings. The minimum atomic E-state index is -0.698. The van der Waals surface area contributed by atoms with E-state index in [9.17, 15) is 9.59 Å². The van der Waals surface area contributed by atoms with Crippen LogP contribution in [0.15, 0.2) is 0 Å². The molecule has 118 valence electrons. The minimum absolute atomic E-state index is 0.214. The molecule has 0 bridgehead atoms. The van der Waals surface area contributed by atoms with Crippen LogP contribution < -0.4 is 10.9 Å². The highest BCUT2D eigenvalue weighted by Crippen LogP contribution is 2.16. The SMILES string of the molecule is CCCC(C)(C)OC(=O)NNC(=O)OC(C)C(C)CC. The van der Waals surface area contributed by atoms with E-state index >= 15 is 0 Å². The van der Waals surface area contributed by atoms with Gasteiger partial charge < -0.3 is 9.47 Å². The first-order valence-corrected chi connectivity index (χ1v) is 7.17. The van der Waals surface area contributed by atoms with Crippen molar-refractivity contribution in [1.82, 2.24) is 10.9 Å². The van der Waals surface area contributed by atoms with Crippen LogP contribution in [-0.2, 0) is 9.47 Å². The van der Waals surface area contributed by atoms with Crippen LogP contribution in [0.4, 0.5) is 9.59 Å². The summed E-state index contributed by atoms with van der Waals surface area (Å²) in [5, 5.41) is 0. The van der Waals surface area contributed by atoms with Gasteiger partial charge in [-0.1, -0.05) is 33.6 Å². The molecular weight excluding hydrogens is 260 g/mol. The second-order valence-corrected chi connectivity index (χ2v) is 5.65. The van der Waals surface area contributed by atoms with Crippen LogP contribution in [0.25, 0.3) is 0 Å². The topological polar surface area (TPSA) is 76.7 Å². The van der Waals surface area contributed by atoms with Crippen molar-refractivity contribution in [3.63, 3.8) is 0 Å². The second-order valence-electron chi connectivity index (χ2n) is 5.65. The van der Waals surface area contributed by atoms with E-state index < -0.39 is 17.8 Å². The zero-order chi connectivity index (χ0) is 15.8. The Morgan fingerprint density at radius 2 is 1.65 bits per heavy atom. The van der Waals surface area contributed by atoms with E-state index in [1.807, 2.05) is 41.5 Å². The quantitative estimate of drug-likeness (QED) is 0.735. The highest BCUT2D eigenvalue weighted by Gasteiger charge is 2.22. The van der Waals surface area contributed by atoms with Crippen molar-refractivity contribution in [1.29, 1.82) is 0 Å². The molecule has 0 aliphatic heterocycles. The van der Waals surface area contributed by atoms with Crippen molar-refractivity contribution in [3.8, 4) is 0 Å². The molecule has 2 unspecified atom stereocenters. The standard InChI is InChI=1S/C14H28N2O4/c1-7-9-14(5,6)20-13(18)16-15-12(17)19-11(4)10(3)8-2/h10-11H,7-9H2,1-6H3,(H,15,17)(H,16,18). The summed E-state index contributed by atoms with van der Waals surface area (Å²) in [6.07, 6.45) is 0.960. The molecule has 0 aliphatic carbocycles. The van der Waals surface area contributed by atoms with Crippen LogP contribution in [0.2, 0.25) is 0 Å². The molecule has 0 radical (unpaired) electrons. The van der Waals surface area contributed by atoms with Gasteiger partial charge in [-0.05, 0) is 33.1 Å². The van der Waals surface area contributed by atoms with Gasteiger partial charge in [0, 0.05) is 0 Å². The summed E-state index contributed by atoms with van der Waals surface area (Å²) in [5.41, 5.74) is 3.78. The zero-order valence-electron chi connectivity index (χ0n) is 13.4. The van der Waals surface area contributed by atoms with Crippen molar-refractivity contribution < 1.29 is 19.1 Å². The zero-order valence-corrected chi connectivity index (χ0v) is 13.4.